The summed E-state index contributed by atoms with van der Waals surface area (Å²) < 4.78 is 0. The van der Waals surface area contributed by atoms with Crippen LogP contribution in [0, 0.1) is 6.92 Å². The number of anilines is 1. The second kappa shape index (κ2) is 2.56. The normalized spacial score (nSPS) is 15.2. The number of rotatable bonds is 0. The zero-order valence-electron chi connectivity index (χ0n) is 7.29. The molecule has 1 aromatic rings. The molecule has 1 nitrogen and oxygen atoms in total. The number of hydrogen-bond donors (Lipinski definition) is 0. The molecule has 0 fully saturated rings. The summed E-state index contributed by atoms with van der Waals surface area (Å²) in [6.45, 7) is 2.11. The number of nitrogens with zero attached hydrogens (tertiary/aromatic N) is 1. The van der Waals surface area contributed by atoms with Gasteiger partial charge in [-0.25, -0.2) is 0 Å². The fourth-order valence-corrected chi connectivity index (χ4v) is 1.85. The van der Waals surface area contributed by atoms with E-state index in [4.69, 9.17) is 12.2 Å². The van der Waals surface area contributed by atoms with Gasteiger partial charge in [-0.15, -0.1) is 0 Å². The van der Waals surface area contributed by atoms with Crippen LogP contribution in [0.15, 0.2) is 18.2 Å². The number of hydrogen-bond acceptors (Lipinski definition) is 1. The molecule has 2 heteroatoms. The average Bonchev–Trinajstić information content (AvgIpc) is 2.28. The highest BCUT2D eigenvalue weighted by atomic mass is 32.1. The van der Waals surface area contributed by atoms with E-state index < -0.39 is 0 Å². The first-order valence-corrected chi connectivity index (χ1v) is 4.45. The lowest BCUT2D eigenvalue weighted by atomic mass is 10.1. The van der Waals surface area contributed by atoms with E-state index in [1.807, 2.05) is 7.05 Å². The third-order valence-electron chi connectivity index (χ3n) is 2.31. The molecule has 0 unspecified atom stereocenters. The Kier molecular flexibility index (Phi) is 1.65. The van der Waals surface area contributed by atoms with Gasteiger partial charge in [-0.2, -0.15) is 0 Å². The van der Waals surface area contributed by atoms with Crippen LogP contribution in [-0.2, 0) is 6.42 Å². The van der Waals surface area contributed by atoms with Crippen molar-refractivity contribution in [3.05, 3.63) is 29.3 Å². The molecule has 0 aliphatic carbocycles. The van der Waals surface area contributed by atoms with Crippen molar-refractivity contribution in [3.63, 3.8) is 0 Å². The lowest BCUT2D eigenvalue weighted by molar-refractivity contribution is 1.31. The van der Waals surface area contributed by atoms with E-state index in [0.29, 0.717) is 0 Å². The van der Waals surface area contributed by atoms with Crippen LogP contribution in [0.3, 0.4) is 0 Å². The Hall–Kier alpha value is -0.890. The second-order valence-corrected chi connectivity index (χ2v) is 3.73. The van der Waals surface area contributed by atoms with Crippen molar-refractivity contribution in [1.82, 2.24) is 0 Å². The second-order valence-electron chi connectivity index (χ2n) is 3.26. The Morgan fingerprint density at radius 1 is 1.42 bits per heavy atom. The first-order valence-electron chi connectivity index (χ1n) is 4.04. The summed E-state index contributed by atoms with van der Waals surface area (Å²) in [7, 11) is 2.03. The number of benzene rings is 1. The average molecular weight is 177 g/mol. The molecule has 0 saturated carbocycles. The largest absolute Gasteiger partial charge is 0.339 e. The van der Waals surface area contributed by atoms with Crippen LogP contribution < -0.4 is 4.90 Å². The summed E-state index contributed by atoms with van der Waals surface area (Å²) in [5, 5.41) is 0. The molecular weight excluding hydrogens is 166 g/mol. The van der Waals surface area contributed by atoms with E-state index in [1.54, 1.807) is 0 Å². The van der Waals surface area contributed by atoms with Crippen LogP contribution in [0.25, 0.3) is 0 Å². The van der Waals surface area contributed by atoms with Crippen LogP contribution in [0.2, 0.25) is 0 Å². The highest BCUT2D eigenvalue weighted by Gasteiger charge is 2.19. The van der Waals surface area contributed by atoms with Crippen LogP contribution in [0.4, 0.5) is 5.69 Å². The van der Waals surface area contributed by atoms with E-state index >= 15 is 0 Å². The summed E-state index contributed by atoms with van der Waals surface area (Å²) in [6, 6.07) is 6.48. The van der Waals surface area contributed by atoms with Gasteiger partial charge in [0.25, 0.3) is 0 Å². The number of aryl methyl sites for hydroxylation is 1. The maximum Gasteiger partial charge on any atom is 0.0866 e. The summed E-state index contributed by atoms with van der Waals surface area (Å²) in [6.07, 6.45) is 0.933. The van der Waals surface area contributed by atoms with Crippen molar-refractivity contribution >= 4 is 22.9 Å². The molecule has 0 aromatic heterocycles. The monoisotopic (exact) mass is 177 g/mol. The molecule has 1 heterocycles. The van der Waals surface area contributed by atoms with Gasteiger partial charge in [0.15, 0.2) is 0 Å². The summed E-state index contributed by atoms with van der Waals surface area (Å²) in [5.74, 6) is 0. The standard InChI is InChI=1S/C10H11NS/c1-7-3-4-9-8(5-7)6-10(12)11(9)2/h3-5H,6H2,1-2H3. The third-order valence-corrected chi connectivity index (χ3v) is 2.73. The van der Waals surface area contributed by atoms with E-state index in [2.05, 4.69) is 30.0 Å². The molecule has 2 rings (SSSR count). The van der Waals surface area contributed by atoms with Crippen molar-refractivity contribution in [2.45, 2.75) is 13.3 Å². The molecule has 1 aliphatic heterocycles. The third kappa shape index (κ3) is 1.03. The minimum Gasteiger partial charge on any atom is -0.339 e. The molecule has 62 valence electrons. The maximum atomic E-state index is 5.22. The Balaban J connectivity index is 2.54. The van der Waals surface area contributed by atoms with Gasteiger partial charge >= 0.3 is 0 Å². The molecule has 0 radical (unpaired) electrons. The Bertz CT molecular complexity index is 344. The predicted molar refractivity (Wildman–Crippen MR) is 55.9 cm³/mol. The zero-order chi connectivity index (χ0) is 8.72. The van der Waals surface area contributed by atoms with E-state index in [9.17, 15) is 0 Å². The van der Waals surface area contributed by atoms with Crippen LogP contribution >= 0.6 is 12.2 Å². The lowest BCUT2D eigenvalue weighted by Crippen LogP contribution is -2.18. The van der Waals surface area contributed by atoms with E-state index in [-0.39, 0.29) is 0 Å². The van der Waals surface area contributed by atoms with Crippen molar-refractivity contribution in [2.24, 2.45) is 0 Å². The molecule has 1 aliphatic rings. The van der Waals surface area contributed by atoms with Gasteiger partial charge in [0.05, 0.1) is 4.99 Å². The van der Waals surface area contributed by atoms with Gasteiger partial charge < -0.3 is 4.90 Å². The number of thiocarbonyl (C=S) groups is 1. The molecular formula is C10H11NS. The van der Waals surface area contributed by atoms with Gasteiger partial charge in [-0.05, 0) is 18.6 Å². The Morgan fingerprint density at radius 2 is 2.17 bits per heavy atom. The highest BCUT2D eigenvalue weighted by molar-refractivity contribution is 7.80. The van der Waals surface area contributed by atoms with Crippen molar-refractivity contribution < 1.29 is 0 Å². The summed E-state index contributed by atoms with van der Waals surface area (Å²) in [4.78, 5) is 3.11. The predicted octanol–water partition coefficient (Wildman–Crippen LogP) is 2.31. The van der Waals surface area contributed by atoms with Crippen LogP contribution in [0.5, 0.6) is 0 Å². The van der Waals surface area contributed by atoms with Crippen LogP contribution in [0.1, 0.15) is 11.1 Å². The van der Waals surface area contributed by atoms with E-state index in [1.165, 1.54) is 16.8 Å². The molecule has 0 saturated heterocycles. The molecule has 0 N–H and O–H groups in total. The summed E-state index contributed by atoms with van der Waals surface area (Å²) in [5.41, 5.74) is 3.94. The van der Waals surface area contributed by atoms with Gasteiger partial charge in [-0.3, -0.25) is 0 Å². The first-order chi connectivity index (χ1) is 5.68. The Morgan fingerprint density at radius 3 is 2.92 bits per heavy atom. The number of fused-ring (bicyclic) bond motifs is 1. The lowest BCUT2D eigenvalue weighted by Gasteiger charge is -2.11. The number of likely N-dealkylation sites (N-methyl/N-ethyl adjacent to an activating group) is 1. The molecule has 1 aromatic carbocycles. The van der Waals surface area contributed by atoms with Crippen molar-refractivity contribution in [3.8, 4) is 0 Å². The fourth-order valence-electron chi connectivity index (χ4n) is 1.60. The Labute approximate surface area is 78.0 Å². The van der Waals surface area contributed by atoms with Crippen molar-refractivity contribution in [2.75, 3.05) is 11.9 Å². The first kappa shape index (κ1) is 7.74. The molecule has 0 amide bonds. The topological polar surface area (TPSA) is 3.24 Å². The van der Waals surface area contributed by atoms with Gasteiger partial charge in [0.1, 0.15) is 0 Å². The minimum atomic E-state index is 0.933. The summed E-state index contributed by atoms with van der Waals surface area (Å²) >= 11 is 5.22. The maximum absolute atomic E-state index is 5.22. The molecule has 12 heavy (non-hydrogen) atoms. The van der Waals surface area contributed by atoms with Gasteiger partial charge in [0.2, 0.25) is 0 Å². The van der Waals surface area contributed by atoms with Gasteiger partial charge in [0, 0.05) is 19.2 Å². The highest BCUT2D eigenvalue weighted by Crippen LogP contribution is 2.28. The quantitative estimate of drug-likeness (QED) is 0.559. The molecule has 0 atom stereocenters. The van der Waals surface area contributed by atoms with Crippen molar-refractivity contribution in [1.29, 1.82) is 0 Å². The smallest absolute Gasteiger partial charge is 0.0866 e. The van der Waals surface area contributed by atoms with Gasteiger partial charge in [-0.1, -0.05) is 29.9 Å². The van der Waals surface area contributed by atoms with E-state index in [0.717, 1.165) is 11.4 Å². The fraction of sp³-hybridized carbons (Fsp3) is 0.300. The van der Waals surface area contributed by atoms with Crippen LogP contribution in [-0.4, -0.2) is 12.0 Å². The molecule has 0 spiro atoms. The SMILES string of the molecule is Cc1ccc2c(c1)CC(=S)N2C. The molecule has 0 bridgehead atoms. The zero-order valence-corrected chi connectivity index (χ0v) is 8.11. The minimum absolute atomic E-state index is 0.933.